The van der Waals surface area contributed by atoms with Crippen LogP contribution in [-0.2, 0) is 11.3 Å². The maximum Gasteiger partial charge on any atom is 0.273 e. The fraction of sp³-hybridized carbons (Fsp3) is 0.267. The van der Waals surface area contributed by atoms with E-state index in [1.54, 1.807) is 19.5 Å². The minimum Gasteiger partial charge on any atom is -0.383 e. The summed E-state index contributed by atoms with van der Waals surface area (Å²) in [4.78, 5) is 16.2. The van der Waals surface area contributed by atoms with Gasteiger partial charge in [-0.1, -0.05) is 17.3 Å². The Morgan fingerprint density at radius 3 is 3.14 bits per heavy atom. The molecule has 3 rings (SSSR count). The first-order chi connectivity index (χ1) is 10.8. The maximum absolute atomic E-state index is 11.8. The van der Waals surface area contributed by atoms with E-state index in [9.17, 15) is 4.79 Å². The van der Waals surface area contributed by atoms with E-state index in [0.29, 0.717) is 25.5 Å². The van der Waals surface area contributed by atoms with Gasteiger partial charge >= 0.3 is 0 Å². The van der Waals surface area contributed by atoms with Crippen molar-refractivity contribution in [2.24, 2.45) is 0 Å². The molecule has 0 saturated carbocycles. The lowest BCUT2D eigenvalue weighted by molar-refractivity contribution is 0.0928. The highest BCUT2D eigenvalue weighted by molar-refractivity contribution is 5.92. The lowest BCUT2D eigenvalue weighted by Gasteiger charge is -2.00. The van der Waals surface area contributed by atoms with E-state index in [1.807, 2.05) is 28.8 Å². The predicted octanol–water partition coefficient (Wildman–Crippen LogP) is 1.45. The van der Waals surface area contributed by atoms with Crippen molar-refractivity contribution in [3.63, 3.8) is 0 Å². The molecule has 2 heterocycles. The number of nitrogens with one attached hydrogen (secondary N) is 1. The van der Waals surface area contributed by atoms with Gasteiger partial charge in [0.05, 0.1) is 30.5 Å². The summed E-state index contributed by atoms with van der Waals surface area (Å²) < 4.78 is 12.0. The summed E-state index contributed by atoms with van der Waals surface area (Å²) in [5, 5.41) is 6.49. The monoisotopic (exact) mass is 300 g/mol. The number of methoxy groups -OCH3 is 1. The van der Waals surface area contributed by atoms with Crippen molar-refractivity contribution >= 4 is 16.9 Å². The van der Waals surface area contributed by atoms with E-state index in [1.165, 1.54) is 0 Å². The Morgan fingerprint density at radius 1 is 1.41 bits per heavy atom. The summed E-state index contributed by atoms with van der Waals surface area (Å²) in [5.74, 6) is 0.322. The van der Waals surface area contributed by atoms with Crippen molar-refractivity contribution in [3.8, 4) is 0 Å². The van der Waals surface area contributed by atoms with Crippen molar-refractivity contribution in [2.45, 2.75) is 6.54 Å². The number of carbonyl (C=O) groups excluding carboxylic acids is 1. The molecule has 0 aliphatic rings. The number of hydrogen-bond donors (Lipinski definition) is 1. The van der Waals surface area contributed by atoms with Gasteiger partial charge in [-0.05, 0) is 12.1 Å². The Hall–Kier alpha value is -2.67. The molecule has 0 radical (unpaired) electrons. The van der Waals surface area contributed by atoms with Crippen LogP contribution in [-0.4, -0.2) is 40.9 Å². The number of amides is 1. The normalized spacial score (nSPS) is 11.0. The van der Waals surface area contributed by atoms with Gasteiger partial charge in [0.25, 0.3) is 5.91 Å². The largest absolute Gasteiger partial charge is 0.383 e. The van der Waals surface area contributed by atoms with E-state index >= 15 is 0 Å². The van der Waals surface area contributed by atoms with Crippen LogP contribution >= 0.6 is 0 Å². The smallest absolute Gasteiger partial charge is 0.273 e. The number of imidazole rings is 1. The number of rotatable bonds is 6. The Bertz CT molecular complexity index is 778. The number of benzene rings is 1. The topological polar surface area (TPSA) is 82.2 Å². The van der Waals surface area contributed by atoms with Crippen molar-refractivity contribution < 1.29 is 14.1 Å². The molecule has 0 aliphatic carbocycles. The fourth-order valence-corrected chi connectivity index (χ4v) is 2.16. The van der Waals surface area contributed by atoms with E-state index in [0.717, 1.165) is 11.0 Å². The van der Waals surface area contributed by atoms with Crippen LogP contribution in [0.1, 0.15) is 16.2 Å². The third-order valence-electron chi connectivity index (χ3n) is 3.24. The van der Waals surface area contributed by atoms with Crippen LogP contribution in [0, 0.1) is 0 Å². The Kier molecular flexibility index (Phi) is 4.15. The molecule has 1 aromatic carbocycles. The van der Waals surface area contributed by atoms with Crippen LogP contribution in [0.3, 0.4) is 0 Å². The number of aromatic nitrogens is 3. The van der Waals surface area contributed by atoms with E-state index in [4.69, 9.17) is 9.26 Å². The second kappa shape index (κ2) is 6.40. The molecule has 1 N–H and O–H groups in total. The summed E-state index contributed by atoms with van der Waals surface area (Å²) in [5.41, 5.74) is 2.18. The maximum atomic E-state index is 11.8. The third kappa shape index (κ3) is 2.99. The second-order valence-electron chi connectivity index (χ2n) is 4.79. The summed E-state index contributed by atoms with van der Waals surface area (Å²) in [6.07, 6.45) is 1.74. The molecule has 0 spiro atoms. The highest BCUT2D eigenvalue weighted by atomic mass is 16.5. The number of fused-ring (bicyclic) bond motifs is 1. The van der Waals surface area contributed by atoms with Crippen molar-refractivity contribution in [3.05, 3.63) is 48.1 Å². The molecule has 7 heteroatoms. The quantitative estimate of drug-likeness (QED) is 0.697. The minimum absolute atomic E-state index is 0.260. The van der Waals surface area contributed by atoms with Gasteiger partial charge in [0.2, 0.25) is 0 Å². The van der Waals surface area contributed by atoms with E-state index in [-0.39, 0.29) is 11.6 Å². The Balaban J connectivity index is 1.70. The molecule has 22 heavy (non-hydrogen) atoms. The molecular formula is C15H16N4O3. The first kappa shape index (κ1) is 14.3. The SMILES string of the molecule is COCCNC(=O)c1cc(Cn2cnc3ccccc32)on1. The highest BCUT2D eigenvalue weighted by Gasteiger charge is 2.13. The third-order valence-corrected chi connectivity index (χ3v) is 3.24. The highest BCUT2D eigenvalue weighted by Crippen LogP contribution is 2.14. The number of para-hydroxylation sites is 2. The molecular weight excluding hydrogens is 284 g/mol. The molecule has 7 nitrogen and oxygen atoms in total. The Morgan fingerprint density at radius 2 is 2.27 bits per heavy atom. The predicted molar refractivity (Wildman–Crippen MR) is 79.5 cm³/mol. The lowest BCUT2D eigenvalue weighted by Crippen LogP contribution is -2.27. The van der Waals surface area contributed by atoms with Crippen molar-refractivity contribution in [1.29, 1.82) is 0 Å². The molecule has 0 unspecified atom stereocenters. The second-order valence-corrected chi connectivity index (χ2v) is 4.79. The molecule has 1 amide bonds. The zero-order valence-electron chi connectivity index (χ0n) is 12.2. The fourth-order valence-electron chi connectivity index (χ4n) is 2.16. The van der Waals surface area contributed by atoms with Gasteiger partial charge in [-0.3, -0.25) is 4.79 Å². The van der Waals surface area contributed by atoms with Crippen LogP contribution in [0.25, 0.3) is 11.0 Å². The van der Waals surface area contributed by atoms with Gasteiger partial charge in [0.15, 0.2) is 11.5 Å². The molecule has 114 valence electrons. The van der Waals surface area contributed by atoms with Gasteiger partial charge in [-0.15, -0.1) is 0 Å². The number of carbonyl (C=O) groups is 1. The van der Waals surface area contributed by atoms with Crippen molar-refractivity contribution in [1.82, 2.24) is 20.0 Å². The van der Waals surface area contributed by atoms with Gasteiger partial charge < -0.3 is 19.1 Å². The lowest BCUT2D eigenvalue weighted by atomic mass is 10.3. The van der Waals surface area contributed by atoms with E-state index < -0.39 is 0 Å². The molecule has 0 atom stereocenters. The summed E-state index contributed by atoms with van der Waals surface area (Å²) >= 11 is 0. The number of ether oxygens (including phenoxy) is 1. The van der Waals surface area contributed by atoms with E-state index in [2.05, 4.69) is 15.5 Å². The summed E-state index contributed by atoms with van der Waals surface area (Å²) in [6, 6.07) is 9.46. The van der Waals surface area contributed by atoms with Gasteiger partial charge in [0, 0.05) is 19.7 Å². The average Bonchev–Trinajstić information content (AvgIpc) is 3.16. The average molecular weight is 300 g/mol. The van der Waals surface area contributed by atoms with Crippen LogP contribution in [0.5, 0.6) is 0 Å². The molecule has 0 saturated heterocycles. The molecule has 0 bridgehead atoms. The zero-order valence-corrected chi connectivity index (χ0v) is 12.2. The zero-order chi connectivity index (χ0) is 15.4. The van der Waals surface area contributed by atoms with Crippen LogP contribution in [0.15, 0.2) is 41.2 Å². The first-order valence-corrected chi connectivity index (χ1v) is 6.90. The molecule has 0 aliphatic heterocycles. The summed E-state index contributed by atoms with van der Waals surface area (Å²) in [6.45, 7) is 1.36. The van der Waals surface area contributed by atoms with Gasteiger partial charge in [-0.2, -0.15) is 0 Å². The summed E-state index contributed by atoms with van der Waals surface area (Å²) in [7, 11) is 1.58. The van der Waals surface area contributed by atoms with Crippen LogP contribution in [0.2, 0.25) is 0 Å². The molecule has 2 aromatic heterocycles. The minimum atomic E-state index is -0.275. The van der Waals surface area contributed by atoms with Crippen molar-refractivity contribution in [2.75, 3.05) is 20.3 Å². The molecule has 0 fully saturated rings. The van der Waals surface area contributed by atoms with Gasteiger partial charge in [0.1, 0.15) is 0 Å². The van der Waals surface area contributed by atoms with Crippen LogP contribution < -0.4 is 5.32 Å². The Labute approximate surface area is 126 Å². The molecule has 3 aromatic rings. The first-order valence-electron chi connectivity index (χ1n) is 6.90. The number of hydrogen-bond acceptors (Lipinski definition) is 5. The standard InChI is InChI=1S/C15H16N4O3/c1-21-7-6-16-15(20)13-8-11(22-18-13)9-19-10-17-12-4-2-3-5-14(12)19/h2-5,8,10H,6-7,9H2,1H3,(H,16,20). The van der Waals surface area contributed by atoms with Crippen LogP contribution in [0.4, 0.5) is 0 Å². The van der Waals surface area contributed by atoms with Gasteiger partial charge in [-0.25, -0.2) is 4.98 Å². The number of nitrogens with zero attached hydrogens (tertiary/aromatic N) is 3.